The highest BCUT2D eigenvalue weighted by Gasteiger charge is 2.26. The van der Waals surface area contributed by atoms with Crippen molar-refractivity contribution in [3.05, 3.63) is 68.8 Å². The topological polar surface area (TPSA) is 77.2 Å². The number of carbonyl (C=O) groups is 1. The van der Waals surface area contributed by atoms with Gasteiger partial charge in [-0.1, -0.05) is 40.5 Å². The zero-order valence-corrected chi connectivity index (χ0v) is 18.5. The first-order chi connectivity index (χ1) is 14.4. The van der Waals surface area contributed by atoms with Crippen molar-refractivity contribution in [1.82, 2.24) is 15.0 Å². The molecular weight excluding hydrogens is 445 g/mol. The van der Waals surface area contributed by atoms with Gasteiger partial charge < -0.3 is 9.84 Å². The van der Waals surface area contributed by atoms with E-state index in [1.807, 2.05) is 36.4 Å². The second-order valence-electron chi connectivity index (χ2n) is 7.07. The lowest BCUT2D eigenvalue weighted by atomic mass is 9.91. The summed E-state index contributed by atoms with van der Waals surface area (Å²) in [5, 5.41) is 19.5. The Morgan fingerprint density at radius 2 is 1.93 bits per heavy atom. The van der Waals surface area contributed by atoms with Crippen LogP contribution in [0.4, 0.5) is 0 Å². The van der Waals surface area contributed by atoms with Gasteiger partial charge in [0, 0.05) is 5.25 Å². The van der Waals surface area contributed by atoms with E-state index in [1.54, 1.807) is 11.8 Å². The average molecular weight is 464 g/mol. The Bertz CT molecular complexity index is 1090. The standard InChI is InChI=1S/C21H19Cl2N3O3S/c1-29-15-5-2-12(3-6-15)11-26-20(19(21(27)28)24-25-26)30-16-7-4-13-9-17(22)18(23)10-14(13)8-16/h2-3,5-6,9-10,16H,4,7-8,11H2,1H3,(H,27,28). The zero-order valence-electron chi connectivity index (χ0n) is 16.1. The lowest BCUT2D eigenvalue weighted by Crippen LogP contribution is -2.18. The molecule has 0 amide bonds. The van der Waals surface area contributed by atoms with E-state index in [2.05, 4.69) is 10.3 Å². The van der Waals surface area contributed by atoms with Crippen molar-refractivity contribution >= 4 is 40.9 Å². The van der Waals surface area contributed by atoms with E-state index in [0.29, 0.717) is 21.6 Å². The summed E-state index contributed by atoms with van der Waals surface area (Å²) in [6.45, 7) is 0.428. The largest absolute Gasteiger partial charge is 0.497 e. The van der Waals surface area contributed by atoms with E-state index in [-0.39, 0.29) is 10.9 Å². The van der Waals surface area contributed by atoms with Crippen molar-refractivity contribution < 1.29 is 14.6 Å². The summed E-state index contributed by atoms with van der Waals surface area (Å²) in [5.74, 6) is -0.317. The Morgan fingerprint density at radius 3 is 2.60 bits per heavy atom. The number of methoxy groups -OCH3 is 1. The van der Waals surface area contributed by atoms with Crippen LogP contribution in [0.3, 0.4) is 0 Å². The third-order valence-corrected chi connectivity index (χ3v) is 7.17. The minimum Gasteiger partial charge on any atom is -0.497 e. The molecule has 0 saturated carbocycles. The number of carboxylic acid groups (broad SMARTS) is 1. The molecule has 1 N–H and O–H groups in total. The average Bonchev–Trinajstić information content (AvgIpc) is 3.12. The molecule has 0 bridgehead atoms. The maximum atomic E-state index is 11.7. The molecule has 0 aliphatic heterocycles. The Balaban J connectivity index is 1.57. The molecular formula is C21H19Cl2N3O3S. The summed E-state index contributed by atoms with van der Waals surface area (Å²) in [6.07, 6.45) is 2.55. The summed E-state index contributed by atoms with van der Waals surface area (Å²) in [4.78, 5) is 11.7. The summed E-state index contributed by atoms with van der Waals surface area (Å²) in [5.41, 5.74) is 3.31. The number of thioether (sulfide) groups is 1. The molecule has 0 fully saturated rings. The molecule has 30 heavy (non-hydrogen) atoms. The molecule has 1 aromatic heterocycles. The number of hydrogen-bond donors (Lipinski definition) is 1. The van der Waals surface area contributed by atoms with Gasteiger partial charge in [0.1, 0.15) is 10.8 Å². The number of aromatic nitrogens is 3. The van der Waals surface area contributed by atoms with Crippen molar-refractivity contribution in [2.75, 3.05) is 7.11 Å². The van der Waals surface area contributed by atoms with Crippen LogP contribution in [0.2, 0.25) is 10.0 Å². The van der Waals surface area contributed by atoms with Crippen molar-refractivity contribution in [3.8, 4) is 5.75 Å². The number of rotatable bonds is 6. The predicted molar refractivity (Wildman–Crippen MR) is 117 cm³/mol. The number of benzene rings is 2. The molecule has 6 nitrogen and oxygen atoms in total. The van der Waals surface area contributed by atoms with Crippen LogP contribution in [0, 0.1) is 0 Å². The lowest BCUT2D eigenvalue weighted by molar-refractivity contribution is 0.0686. The van der Waals surface area contributed by atoms with Crippen LogP contribution in [-0.4, -0.2) is 38.4 Å². The van der Waals surface area contributed by atoms with Gasteiger partial charge in [-0.25, -0.2) is 9.48 Å². The molecule has 2 aromatic carbocycles. The van der Waals surface area contributed by atoms with Crippen LogP contribution in [0.25, 0.3) is 0 Å². The number of aromatic carboxylic acids is 1. The normalized spacial score (nSPS) is 15.6. The Kier molecular flexibility index (Phi) is 6.22. The van der Waals surface area contributed by atoms with Gasteiger partial charge in [0.2, 0.25) is 5.69 Å². The molecule has 1 aliphatic rings. The highest BCUT2D eigenvalue weighted by Crippen LogP contribution is 2.37. The fourth-order valence-corrected chi connectivity index (χ4v) is 5.19. The third-order valence-electron chi connectivity index (χ3n) is 5.09. The van der Waals surface area contributed by atoms with Gasteiger partial charge in [-0.2, -0.15) is 0 Å². The van der Waals surface area contributed by atoms with Crippen molar-refractivity contribution in [2.45, 2.75) is 36.1 Å². The van der Waals surface area contributed by atoms with Gasteiger partial charge >= 0.3 is 5.97 Å². The first-order valence-electron chi connectivity index (χ1n) is 9.37. The third kappa shape index (κ3) is 4.43. The minimum atomic E-state index is -1.08. The summed E-state index contributed by atoms with van der Waals surface area (Å²) in [6, 6.07) is 11.4. The van der Waals surface area contributed by atoms with E-state index >= 15 is 0 Å². The zero-order chi connectivity index (χ0) is 21.3. The first-order valence-corrected chi connectivity index (χ1v) is 11.0. The molecule has 9 heteroatoms. The molecule has 156 valence electrons. The molecule has 1 aliphatic carbocycles. The fourth-order valence-electron chi connectivity index (χ4n) is 3.54. The van der Waals surface area contributed by atoms with Gasteiger partial charge in [-0.3, -0.25) is 0 Å². The number of halogens is 2. The summed E-state index contributed by atoms with van der Waals surface area (Å²) < 4.78 is 6.84. The maximum absolute atomic E-state index is 11.7. The van der Waals surface area contributed by atoms with Crippen molar-refractivity contribution in [1.29, 1.82) is 0 Å². The predicted octanol–water partition coefficient (Wildman–Crippen LogP) is 4.99. The minimum absolute atomic E-state index is 0.0200. The molecule has 0 saturated heterocycles. The first kappa shape index (κ1) is 21.0. The number of aryl methyl sites for hydroxylation is 1. The molecule has 1 atom stereocenters. The van der Waals surface area contributed by atoms with E-state index in [1.165, 1.54) is 17.3 Å². The van der Waals surface area contributed by atoms with Crippen LogP contribution in [-0.2, 0) is 19.4 Å². The van der Waals surface area contributed by atoms with Crippen LogP contribution >= 0.6 is 35.0 Å². The van der Waals surface area contributed by atoms with Crippen molar-refractivity contribution in [2.24, 2.45) is 0 Å². The lowest BCUT2D eigenvalue weighted by Gasteiger charge is -2.25. The fraction of sp³-hybridized carbons (Fsp3) is 0.286. The Labute approximate surface area is 188 Å². The van der Waals surface area contributed by atoms with E-state index < -0.39 is 5.97 Å². The van der Waals surface area contributed by atoms with Crippen molar-refractivity contribution in [3.63, 3.8) is 0 Å². The van der Waals surface area contributed by atoms with Crippen LogP contribution in [0.5, 0.6) is 5.75 Å². The highest BCUT2D eigenvalue weighted by atomic mass is 35.5. The summed E-state index contributed by atoms with van der Waals surface area (Å²) in [7, 11) is 1.61. The van der Waals surface area contributed by atoms with Gasteiger partial charge in [0.05, 0.1) is 23.7 Å². The monoisotopic (exact) mass is 463 g/mol. The van der Waals surface area contributed by atoms with E-state index in [0.717, 1.165) is 36.1 Å². The van der Waals surface area contributed by atoms with Crippen LogP contribution in [0.1, 0.15) is 33.6 Å². The van der Waals surface area contributed by atoms with Crippen LogP contribution < -0.4 is 4.74 Å². The number of carboxylic acids is 1. The number of hydrogen-bond acceptors (Lipinski definition) is 5. The Morgan fingerprint density at radius 1 is 1.23 bits per heavy atom. The molecule has 1 heterocycles. The molecule has 4 rings (SSSR count). The van der Waals surface area contributed by atoms with Gasteiger partial charge in [0.25, 0.3) is 0 Å². The second-order valence-corrected chi connectivity index (χ2v) is 9.18. The van der Waals surface area contributed by atoms with E-state index in [9.17, 15) is 9.90 Å². The van der Waals surface area contributed by atoms with Crippen LogP contribution in [0.15, 0.2) is 41.4 Å². The van der Waals surface area contributed by atoms with E-state index in [4.69, 9.17) is 27.9 Å². The molecule has 3 aromatic rings. The maximum Gasteiger partial charge on any atom is 0.359 e. The molecule has 0 radical (unpaired) electrons. The Hall–Kier alpha value is -2.22. The quantitative estimate of drug-likeness (QED) is 0.554. The van der Waals surface area contributed by atoms with Gasteiger partial charge in [-0.15, -0.1) is 16.9 Å². The number of fused-ring (bicyclic) bond motifs is 1. The SMILES string of the molecule is COc1ccc(Cn2nnc(C(=O)O)c2SC2CCc3cc(Cl)c(Cl)cc3C2)cc1. The van der Waals surface area contributed by atoms with Gasteiger partial charge in [0.15, 0.2) is 0 Å². The highest BCUT2D eigenvalue weighted by molar-refractivity contribution is 8.00. The summed E-state index contributed by atoms with van der Waals surface area (Å²) >= 11 is 13.8. The second kappa shape index (κ2) is 8.88. The number of ether oxygens (including phenoxy) is 1. The smallest absolute Gasteiger partial charge is 0.359 e. The van der Waals surface area contributed by atoms with Gasteiger partial charge in [-0.05, 0) is 60.2 Å². The molecule has 1 unspecified atom stereocenters. The number of nitrogens with zero attached hydrogens (tertiary/aromatic N) is 3. The molecule has 0 spiro atoms.